The standard InChI is InChI=1S/C14H12O4S/c1-8(15)10-4-3-5-11-9(6-12(16)17-2)7-13(19)18-14(10)11/h3-5,7H,6H2,1-2H3. The van der Waals surface area contributed by atoms with Gasteiger partial charge in [0.2, 0.25) is 0 Å². The summed E-state index contributed by atoms with van der Waals surface area (Å²) in [5.74, 6) is -0.478. The molecule has 0 aliphatic heterocycles. The lowest BCUT2D eigenvalue weighted by atomic mass is 10.0. The molecule has 0 spiro atoms. The molecule has 0 aliphatic rings. The van der Waals surface area contributed by atoms with Gasteiger partial charge in [-0.15, -0.1) is 0 Å². The fourth-order valence-electron chi connectivity index (χ4n) is 1.90. The highest BCUT2D eigenvalue weighted by molar-refractivity contribution is 7.71. The van der Waals surface area contributed by atoms with Crippen molar-refractivity contribution in [3.63, 3.8) is 0 Å². The van der Waals surface area contributed by atoms with E-state index < -0.39 is 0 Å². The topological polar surface area (TPSA) is 56.5 Å². The van der Waals surface area contributed by atoms with Gasteiger partial charge >= 0.3 is 5.97 Å². The van der Waals surface area contributed by atoms with Crippen LogP contribution in [0.5, 0.6) is 0 Å². The number of hydrogen-bond donors (Lipinski definition) is 0. The Bertz CT molecular complexity index is 715. The summed E-state index contributed by atoms with van der Waals surface area (Å²) in [5, 5.41) is 0.701. The number of ether oxygens (including phenoxy) is 1. The minimum atomic E-state index is -0.366. The molecule has 0 unspecified atom stereocenters. The highest BCUT2D eigenvalue weighted by Gasteiger charge is 2.13. The summed E-state index contributed by atoms with van der Waals surface area (Å²) in [6.07, 6.45) is 0.0916. The third-order valence-corrected chi connectivity index (χ3v) is 3.00. The van der Waals surface area contributed by atoms with Gasteiger partial charge in [0, 0.05) is 5.39 Å². The molecule has 0 atom stereocenters. The van der Waals surface area contributed by atoms with Crippen LogP contribution in [0.15, 0.2) is 28.7 Å². The normalized spacial score (nSPS) is 10.4. The summed E-state index contributed by atoms with van der Waals surface area (Å²) in [6, 6.07) is 6.82. The molecular formula is C14H12O4S. The van der Waals surface area contributed by atoms with Gasteiger partial charge < -0.3 is 9.15 Å². The number of para-hydroxylation sites is 1. The van der Waals surface area contributed by atoms with Crippen LogP contribution in [-0.4, -0.2) is 18.9 Å². The third kappa shape index (κ3) is 2.71. The lowest BCUT2D eigenvalue weighted by molar-refractivity contribution is -0.139. The quantitative estimate of drug-likeness (QED) is 0.490. The van der Waals surface area contributed by atoms with Gasteiger partial charge in [-0.3, -0.25) is 9.59 Å². The van der Waals surface area contributed by atoms with Crippen molar-refractivity contribution in [2.45, 2.75) is 13.3 Å². The van der Waals surface area contributed by atoms with Gasteiger partial charge in [-0.05, 0) is 36.8 Å². The average molecular weight is 276 g/mol. The molecule has 0 saturated carbocycles. The summed E-state index contributed by atoms with van der Waals surface area (Å²) in [7, 11) is 1.33. The van der Waals surface area contributed by atoms with Crippen LogP contribution >= 0.6 is 12.2 Å². The summed E-state index contributed by atoms with van der Waals surface area (Å²) in [5.41, 5.74) is 1.57. The monoisotopic (exact) mass is 276 g/mol. The first kappa shape index (κ1) is 13.4. The van der Waals surface area contributed by atoms with E-state index in [0.717, 1.165) is 0 Å². The molecule has 1 aromatic heterocycles. The van der Waals surface area contributed by atoms with Crippen molar-refractivity contribution in [2.75, 3.05) is 7.11 Å². The molecule has 0 amide bonds. The Hall–Kier alpha value is -2.01. The van der Waals surface area contributed by atoms with E-state index in [1.165, 1.54) is 14.0 Å². The summed E-state index contributed by atoms with van der Waals surface area (Å²) in [6.45, 7) is 1.46. The number of esters is 1. The Kier molecular flexibility index (Phi) is 3.76. The minimum Gasteiger partial charge on any atom is -0.469 e. The van der Waals surface area contributed by atoms with Crippen LogP contribution in [0.2, 0.25) is 0 Å². The number of hydrogen-bond acceptors (Lipinski definition) is 5. The van der Waals surface area contributed by atoms with Crippen LogP contribution in [0.1, 0.15) is 22.8 Å². The van der Waals surface area contributed by atoms with E-state index in [4.69, 9.17) is 16.6 Å². The van der Waals surface area contributed by atoms with E-state index in [1.54, 1.807) is 24.3 Å². The molecule has 0 radical (unpaired) electrons. The number of carbonyl (C=O) groups is 2. The molecule has 0 N–H and O–H groups in total. The largest absolute Gasteiger partial charge is 0.469 e. The van der Waals surface area contributed by atoms with E-state index >= 15 is 0 Å². The van der Waals surface area contributed by atoms with Gasteiger partial charge in [0.15, 0.2) is 10.5 Å². The first-order valence-corrected chi connectivity index (χ1v) is 6.07. The molecule has 2 rings (SSSR count). The number of ketones is 1. The van der Waals surface area contributed by atoms with Crippen molar-refractivity contribution < 1.29 is 18.7 Å². The van der Waals surface area contributed by atoms with E-state index in [2.05, 4.69) is 4.74 Å². The molecule has 19 heavy (non-hydrogen) atoms. The Morgan fingerprint density at radius 1 is 1.37 bits per heavy atom. The molecule has 0 aliphatic carbocycles. The van der Waals surface area contributed by atoms with Crippen molar-refractivity contribution in [3.8, 4) is 0 Å². The number of methoxy groups -OCH3 is 1. The average Bonchev–Trinajstić information content (AvgIpc) is 2.37. The Morgan fingerprint density at radius 3 is 2.74 bits per heavy atom. The van der Waals surface area contributed by atoms with Crippen molar-refractivity contribution in [1.82, 2.24) is 0 Å². The van der Waals surface area contributed by atoms with Gasteiger partial charge in [-0.1, -0.05) is 12.1 Å². The maximum atomic E-state index is 11.6. The van der Waals surface area contributed by atoms with Gasteiger partial charge in [-0.2, -0.15) is 0 Å². The highest BCUT2D eigenvalue weighted by Crippen LogP contribution is 2.24. The Labute approximate surface area is 115 Å². The van der Waals surface area contributed by atoms with Crippen molar-refractivity contribution in [3.05, 3.63) is 40.1 Å². The lowest BCUT2D eigenvalue weighted by Gasteiger charge is -2.07. The summed E-state index contributed by atoms with van der Waals surface area (Å²) >= 11 is 5.03. The molecular weight excluding hydrogens is 264 g/mol. The Balaban J connectivity index is 2.72. The second-order valence-corrected chi connectivity index (χ2v) is 4.48. The summed E-state index contributed by atoms with van der Waals surface area (Å²) < 4.78 is 10.3. The zero-order valence-corrected chi connectivity index (χ0v) is 11.4. The van der Waals surface area contributed by atoms with Crippen molar-refractivity contribution in [1.29, 1.82) is 0 Å². The number of fused-ring (bicyclic) bond motifs is 1. The number of Topliss-reactive ketones (excluding diaryl/α,β-unsaturated/α-hetero) is 1. The van der Waals surface area contributed by atoms with Crippen LogP contribution in [0.25, 0.3) is 11.0 Å². The van der Waals surface area contributed by atoms with Crippen LogP contribution in [0, 0.1) is 4.71 Å². The van der Waals surface area contributed by atoms with E-state index in [1.807, 2.05) is 0 Å². The van der Waals surface area contributed by atoms with Crippen molar-refractivity contribution >= 4 is 34.9 Å². The molecule has 0 saturated heterocycles. The maximum Gasteiger partial charge on any atom is 0.310 e. The molecule has 0 bridgehead atoms. The number of carbonyl (C=O) groups excluding carboxylic acids is 2. The molecule has 5 heteroatoms. The van der Waals surface area contributed by atoms with Crippen LogP contribution in [-0.2, 0) is 16.0 Å². The van der Waals surface area contributed by atoms with E-state index in [0.29, 0.717) is 22.1 Å². The van der Waals surface area contributed by atoms with Gasteiger partial charge in [0.25, 0.3) is 0 Å². The van der Waals surface area contributed by atoms with E-state index in [9.17, 15) is 9.59 Å². The smallest absolute Gasteiger partial charge is 0.310 e. The van der Waals surface area contributed by atoms with Gasteiger partial charge in [-0.25, -0.2) is 0 Å². The second kappa shape index (κ2) is 5.32. The predicted octanol–water partition coefficient (Wildman–Crippen LogP) is 3.08. The fourth-order valence-corrected chi connectivity index (χ4v) is 2.13. The number of rotatable bonds is 3. The van der Waals surface area contributed by atoms with Crippen LogP contribution in [0.3, 0.4) is 0 Å². The molecule has 0 fully saturated rings. The molecule has 1 heterocycles. The zero-order valence-electron chi connectivity index (χ0n) is 10.6. The van der Waals surface area contributed by atoms with Crippen molar-refractivity contribution in [2.24, 2.45) is 0 Å². The first-order chi connectivity index (χ1) is 9.02. The molecule has 1 aromatic carbocycles. The zero-order chi connectivity index (χ0) is 14.0. The maximum absolute atomic E-state index is 11.6. The van der Waals surface area contributed by atoms with Crippen LogP contribution in [0.4, 0.5) is 0 Å². The van der Waals surface area contributed by atoms with Gasteiger partial charge in [0.05, 0.1) is 19.1 Å². The SMILES string of the molecule is COC(=O)Cc1cc(=S)oc2c(C(C)=O)cccc12. The summed E-state index contributed by atoms with van der Waals surface area (Å²) in [4.78, 5) is 23.0. The van der Waals surface area contributed by atoms with Gasteiger partial charge in [0.1, 0.15) is 5.58 Å². The van der Waals surface area contributed by atoms with Crippen LogP contribution < -0.4 is 0 Å². The molecule has 98 valence electrons. The fraction of sp³-hybridized carbons (Fsp3) is 0.214. The number of benzene rings is 1. The minimum absolute atomic E-state index is 0.0916. The Morgan fingerprint density at radius 2 is 2.11 bits per heavy atom. The highest BCUT2D eigenvalue weighted by atomic mass is 32.1. The molecule has 4 nitrogen and oxygen atoms in total. The molecule has 2 aromatic rings. The predicted molar refractivity (Wildman–Crippen MR) is 72.8 cm³/mol. The lowest BCUT2D eigenvalue weighted by Crippen LogP contribution is -2.05. The first-order valence-electron chi connectivity index (χ1n) is 5.66. The van der Waals surface area contributed by atoms with E-state index in [-0.39, 0.29) is 22.9 Å². The third-order valence-electron chi connectivity index (χ3n) is 2.80. The second-order valence-electron chi connectivity index (χ2n) is 4.08.